The molecule has 0 bridgehead atoms. The predicted molar refractivity (Wildman–Crippen MR) is 108 cm³/mol. The van der Waals surface area contributed by atoms with Crippen LogP contribution in [0.2, 0.25) is 0 Å². The molecule has 0 amide bonds. The summed E-state index contributed by atoms with van der Waals surface area (Å²) < 4.78 is 6.01. The van der Waals surface area contributed by atoms with Crippen LogP contribution in [-0.2, 0) is 12.8 Å². The van der Waals surface area contributed by atoms with E-state index in [-0.39, 0.29) is 0 Å². The Hall–Kier alpha value is -2.24. The van der Waals surface area contributed by atoms with Crippen LogP contribution >= 0.6 is 0 Å². The van der Waals surface area contributed by atoms with Crippen molar-refractivity contribution >= 4 is 5.82 Å². The summed E-state index contributed by atoms with van der Waals surface area (Å²) in [7, 11) is 0. The molecule has 2 aromatic heterocycles. The molecule has 6 heteroatoms. The van der Waals surface area contributed by atoms with Crippen LogP contribution in [0.25, 0.3) is 0 Å². The highest BCUT2D eigenvalue weighted by atomic mass is 16.5. The number of fused-ring (bicyclic) bond motifs is 1. The van der Waals surface area contributed by atoms with E-state index in [4.69, 9.17) is 9.72 Å². The number of hydrogen-bond donors (Lipinski definition) is 0. The molecular weight excluding hydrogens is 350 g/mol. The zero-order valence-corrected chi connectivity index (χ0v) is 16.7. The van der Waals surface area contributed by atoms with E-state index in [1.54, 1.807) is 0 Å². The maximum atomic E-state index is 6.01. The minimum Gasteiger partial charge on any atom is -0.476 e. The fraction of sp³-hybridized carbons (Fsp3) is 0.636. The van der Waals surface area contributed by atoms with Gasteiger partial charge in [0.2, 0.25) is 5.88 Å². The van der Waals surface area contributed by atoms with Crippen molar-refractivity contribution in [2.45, 2.75) is 64.2 Å². The van der Waals surface area contributed by atoms with Crippen molar-refractivity contribution in [3.63, 3.8) is 0 Å². The average Bonchev–Trinajstić information content (AvgIpc) is 3.57. The molecule has 1 saturated heterocycles. The predicted octanol–water partition coefficient (Wildman–Crippen LogP) is 3.63. The summed E-state index contributed by atoms with van der Waals surface area (Å²) >= 11 is 0. The van der Waals surface area contributed by atoms with Crippen molar-refractivity contribution in [1.82, 2.24) is 20.2 Å². The van der Waals surface area contributed by atoms with Crippen molar-refractivity contribution in [1.29, 1.82) is 0 Å². The highest BCUT2D eigenvalue weighted by Crippen LogP contribution is 2.38. The van der Waals surface area contributed by atoms with E-state index in [1.165, 1.54) is 31.2 Å². The van der Waals surface area contributed by atoms with Crippen LogP contribution in [0.3, 0.4) is 0 Å². The zero-order valence-electron chi connectivity index (χ0n) is 16.7. The van der Waals surface area contributed by atoms with E-state index in [2.05, 4.69) is 39.1 Å². The molecule has 1 saturated carbocycles. The topological polar surface area (TPSA) is 64.0 Å². The molecule has 6 nitrogen and oxygen atoms in total. The van der Waals surface area contributed by atoms with E-state index in [9.17, 15) is 0 Å². The van der Waals surface area contributed by atoms with Gasteiger partial charge in [0.1, 0.15) is 11.6 Å². The minimum atomic E-state index is 0.569. The number of anilines is 1. The molecule has 0 spiro atoms. The second-order valence-electron chi connectivity index (χ2n) is 8.60. The number of piperidine rings is 1. The molecule has 0 unspecified atom stereocenters. The summed E-state index contributed by atoms with van der Waals surface area (Å²) in [6, 6.07) is 4.24. The first kappa shape index (κ1) is 17.8. The largest absolute Gasteiger partial charge is 0.476 e. The maximum Gasteiger partial charge on any atom is 0.233 e. The molecule has 2 aromatic rings. The molecule has 148 valence electrons. The molecule has 2 fully saturated rings. The Bertz CT molecular complexity index is 843. The summed E-state index contributed by atoms with van der Waals surface area (Å²) in [4.78, 5) is 11.9. The lowest BCUT2D eigenvalue weighted by Crippen LogP contribution is -2.36. The number of hydrogen-bond acceptors (Lipinski definition) is 6. The first-order valence-corrected chi connectivity index (χ1v) is 10.8. The Kier molecular flexibility index (Phi) is 4.87. The van der Waals surface area contributed by atoms with Crippen molar-refractivity contribution in [2.75, 3.05) is 24.6 Å². The Labute approximate surface area is 166 Å². The summed E-state index contributed by atoms with van der Waals surface area (Å²) in [5.41, 5.74) is 3.58. The number of nitrogens with zero attached hydrogens (tertiary/aromatic N) is 5. The van der Waals surface area contributed by atoms with Crippen LogP contribution in [0.5, 0.6) is 5.88 Å². The molecule has 0 aromatic carbocycles. The van der Waals surface area contributed by atoms with Gasteiger partial charge in [0.25, 0.3) is 0 Å². The van der Waals surface area contributed by atoms with Crippen LogP contribution in [0.4, 0.5) is 5.82 Å². The third kappa shape index (κ3) is 3.96. The van der Waals surface area contributed by atoms with Gasteiger partial charge in [-0.05, 0) is 69.8 Å². The summed E-state index contributed by atoms with van der Waals surface area (Å²) in [5, 5.41) is 8.65. The van der Waals surface area contributed by atoms with Gasteiger partial charge in [-0.2, -0.15) is 5.10 Å². The Morgan fingerprint density at radius 3 is 2.64 bits per heavy atom. The average molecular weight is 380 g/mol. The van der Waals surface area contributed by atoms with E-state index < -0.39 is 0 Å². The van der Waals surface area contributed by atoms with Crippen LogP contribution in [0, 0.1) is 12.8 Å². The van der Waals surface area contributed by atoms with Crippen LogP contribution in [-0.4, -0.2) is 39.9 Å². The standard InChI is InChI=1S/C22H29N5O/c1-15-12-20(24-22(23-15)17-6-7-17)27-10-8-16(9-11-27)14-28-21-13-18-4-2-3-5-19(18)25-26-21/h12-13,16-17H,2-11,14H2,1H3. The molecule has 1 aliphatic heterocycles. The Morgan fingerprint density at radius 2 is 1.82 bits per heavy atom. The molecule has 3 heterocycles. The Morgan fingerprint density at radius 1 is 1.00 bits per heavy atom. The van der Waals surface area contributed by atoms with Crippen molar-refractivity contribution in [2.24, 2.45) is 5.92 Å². The van der Waals surface area contributed by atoms with Gasteiger partial charge >= 0.3 is 0 Å². The Balaban J connectivity index is 1.15. The smallest absolute Gasteiger partial charge is 0.233 e. The fourth-order valence-electron chi connectivity index (χ4n) is 4.33. The molecule has 28 heavy (non-hydrogen) atoms. The van der Waals surface area contributed by atoms with E-state index >= 15 is 0 Å². The third-order valence-corrected chi connectivity index (χ3v) is 6.25. The monoisotopic (exact) mass is 379 g/mol. The lowest BCUT2D eigenvalue weighted by atomic mass is 9.97. The van der Waals surface area contributed by atoms with E-state index in [0.717, 1.165) is 68.4 Å². The molecule has 2 aliphatic carbocycles. The lowest BCUT2D eigenvalue weighted by molar-refractivity contribution is 0.213. The lowest BCUT2D eigenvalue weighted by Gasteiger charge is -2.32. The summed E-state index contributed by atoms with van der Waals surface area (Å²) in [6.07, 6.45) is 9.39. The van der Waals surface area contributed by atoms with Crippen molar-refractivity contribution in [3.8, 4) is 5.88 Å². The number of ether oxygens (including phenoxy) is 1. The van der Waals surface area contributed by atoms with Crippen LogP contribution < -0.4 is 9.64 Å². The SMILES string of the molecule is Cc1cc(N2CCC(COc3cc4c(nn3)CCCC4)CC2)nc(C2CC2)n1. The first-order valence-electron chi connectivity index (χ1n) is 10.8. The van der Waals surface area contributed by atoms with Gasteiger partial charge in [-0.1, -0.05) is 0 Å². The second kappa shape index (κ2) is 7.64. The van der Waals surface area contributed by atoms with Gasteiger partial charge in [0, 0.05) is 36.8 Å². The van der Waals surface area contributed by atoms with Crippen LogP contribution in [0.1, 0.15) is 67.2 Å². The van der Waals surface area contributed by atoms with E-state index in [1.807, 2.05) is 0 Å². The minimum absolute atomic E-state index is 0.569. The number of aromatic nitrogens is 4. The normalized spacial score (nSPS) is 20.1. The summed E-state index contributed by atoms with van der Waals surface area (Å²) in [6.45, 7) is 4.88. The fourth-order valence-corrected chi connectivity index (χ4v) is 4.33. The molecular formula is C22H29N5O. The highest BCUT2D eigenvalue weighted by molar-refractivity contribution is 5.41. The molecule has 0 radical (unpaired) electrons. The maximum absolute atomic E-state index is 6.01. The molecule has 0 atom stereocenters. The second-order valence-corrected chi connectivity index (χ2v) is 8.60. The van der Waals surface area contributed by atoms with Gasteiger partial charge in [0.05, 0.1) is 12.3 Å². The molecule has 5 rings (SSSR count). The van der Waals surface area contributed by atoms with Gasteiger partial charge in [-0.3, -0.25) is 0 Å². The van der Waals surface area contributed by atoms with Crippen molar-refractivity contribution in [3.05, 3.63) is 34.9 Å². The quantitative estimate of drug-likeness (QED) is 0.790. The third-order valence-electron chi connectivity index (χ3n) is 6.25. The van der Waals surface area contributed by atoms with Gasteiger partial charge < -0.3 is 9.64 Å². The molecule has 3 aliphatic rings. The first-order chi connectivity index (χ1) is 13.7. The molecule has 0 N–H and O–H groups in total. The number of rotatable bonds is 5. The van der Waals surface area contributed by atoms with Gasteiger partial charge in [-0.15, -0.1) is 5.10 Å². The highest BCUT2D eigenvalue weighted by Gasteiger charge is 2.28. The van der Waals surface area contributed by atoms with Gasteiger partial charge in [-0.25, -0.2) is 9.97 Å². The summed E-state index contributed by atoms with van der Waals surface area (Å²) in [5.74, 6) is 4.02. The van der Waals surface area contributed by atoms with Crippen molar-refractivity contribution < 1.29 is 4.74 Å². The van der Waals surface area contributed by atoms with E-state index in [0.29, 0.717) is 17.7 Å². The van der Waals surface area contributed by atoms with Gasteiger partial charge in [0.15, 0.2) is 0 Å². The zero-order chi connectivity index (χ0) is 18.9. The van der Waals surface area contributed by atoms with Crippen LogP contribution in [0.15, 0.2) is 12.1 Å². The number of aryl methyl sites for hydroxylation is 3.